The highest BCUT2D eigenvalue weighted by Gasteiger charge is 2.59. The third-order valence-electron chi connectivity index (χ3n) is 7.74. The lowest BCUT2D eigenvalue weighted by Crippen LogP contribution is -2.13. The van der Waals surface area contributed by atoms with Crippen molar-refractivity contribution in [3.8, 4) is 5.88 Å². The molecule has 1 fully saturated rings. The quantitative estimate of drug-likeness (QED) is 0.594. The van der Waals surface area contributed by atoms with E-state index in [4.69, 9.17) is 4.74 Å². The molecule has 1 saturated carbocycles. The summed E-state index contributed by atoms with van der Waals surface area (Å²) >= 11 is 0. The first-order valence-electron chi connectivity index (χ1n) is 11.6. The van der Waals surface area contributed by atoms with Gasteiger partial charge in [0.15, 0.2) is 0 Å². The van der Waals surface area contributed by atoms with Crippen molar-refractivity contribution >= 4 is 5.97 Å². The van der Waals surface area contributed by atoms with Gasteiger partial charge in [-0.1, -0.05) is 42.5 Å². The lowest BCUT2D eigenvalue weighted by Gasteiger charge is -2.28. The maximum absolute atomic E-state index is 11.3. The molecule has 3 aliphatic carbocycles. The summed E-state index contributed by atoms with van der Waals surface area (Å²) in [6.07, 6.45) is 6.22. The van der Waals surface area contributed by atoms with E-state index < -0.39 is 5.97 Å². The zero-order valence-corrected chi connectivity index (χ0v) is 18.3. The summed E-state index contributed by atoms with van der Waals surface area (Å²) in [5.74, 6) is 0.591. The molecule has 1 heterocycles. The number of carboxylic acid groups (broad SMARTS) is 1. The number of pyridine rings is 1. The van der Waals surface area contributed by atoms with Gasteiger partial charge in [-0.3, -0.25) is 4.79 Å². The van der Waals surface area contributed by atoms with Crippen molar-refractivity contribution in [1.29, 1.82) is 0 Å². The monoisotopic (exact) mass is 425 g/mol. The van der Waals surface area contributed by atoms with Crippen molar-refractivity contribution in [3.63, 3.8) is 0 Å². The molecule has 1 unspecified atom stereocenters. The second-order valence-electron chi connectivity index (χ2n) is 9.60. The highest BCUT2D eigenvalue weighted by atomic mass is 16.5. The van der Waals surface area contributed by atoms with Crippen LogP contribution in [0.25, 0.3) is 0 Å². The predicted molar refractivity (Wildman–Crippen MR) is 122 cm³/mol. The molecule has 0 aliphatic heterocycles. The number of hydrogen-bond acceptors (Lipinski definition) is 3. The highest BCUT2D eigenvalue weighted by Crippen LogP contribution is 2.61. The first-order chi connectivity index (χ1) is 15.6. The van der Waals surface area contributed by atoms with Crippen LogP contribution in [0.1, 0.15) is 63.6 Å². The van der Waals surface area contributed by atoms with Crippen LogP contribution in [-0.4, -0.2) is 16.1 Å². The maximum Gasteiger partial charge on any atom is 0.307 e. The summed E-state index contributed by atoms with van der Waals surface area (Å²) in [5, 5.41) is 9.30. The van der Waals surface area contributed by atoms with Crippen LogP contribution in [0.5, 0.6) is 5.88 Å². The van der Waals surface area contributed by atoms with Crippen LogP contribution in [0.3, 0.4) is 0 Å². The zero-order valence-electron chi connectivity index (χ0n) is 18.3. The van der Waals surface area contributed by atoms with E-state index in [1.807, 2.05) is 12.3 Å². The number of benzene rings is 2. The van der Waals surface area contributed by atoms with E-state index in [1.54, 1.807) is 0 Å². The number of aliphatic carboxylic acids is 1. The third kappa shape index (κ3) is 3.21. The van der Waals surface area contributed by atoms with Crippen LogP contribution in [0, 0.1) is 18.8 Å². The Morgan fingerprint density at radius 1 is 1.09 bits per heavy atom. The van der Waals surface area contributed by atoms with E-state index in [0.717, 1.165) is 18.4 Å². The molecule has 0 amide bonds. The second-order valence-corrected chi connectivity index (χ2v) is 9.60. The SMILES string of the molecule is Cc1ccccc1C1CCCc2ccc(COc3cc4c(cn3)[C@H]3[C@@H](C4)[C@@H]3C(=O)O)cc21. The molecule has 1 aromatic heterocycles. The first kappa shape index (κ1) is 19.5. The topological polar surface area (TPSA) is 59.4 Å². The Morgan fingerprint density at radius 3 is 2.81 bits per heavy atom. The fourth-order valence-corrected chi connectivity index (χ4v) is 6.08. The van der Waals surface area contributed by atoms with Crippen molar-refractivity contribution < 1.29 is 14.6 Å². The average molecular weight is 426 g/mol. The van der Waals surface area contributed by atoms with Crippen molar-refractivity contribution in [2.75, 3.05) is 0 Å². The van der Waals surface area contributed by atoms with Gasteiger partial charge < -0.3 is 9.84 Å². The summed E-state index contributed by atoms with van der Waals surface area (Å²) in [6.45, 7) is 2.70. The van der Waals surface area contributed by atoms with E-state index in [-0.39, 0.29) is 17.8 Å². The number of ether oxygens (including phenoxy) is 1. The minimum absolute atomic E-state index is 0.156. The standard InChI is InChI=1S/C28H27NO3/c1-16-5-2-3-7-20(16)21-8-4-6-18-10-9-17(11-22(18)21)15-32-25-13-19-12-23-26(24(19)14-29-25)27(23)28(30)31/h2-3,5,7,9-11,13-14,21,23,26-27H,4,6,8,12,15H2,1H3,(H,30,31)/t21?,23-,26-,27+/m1/s1. The molecular formula is C28H27NO3. The summed E-state index contributed by atoms with van der Waals surface area (Å²) in [4.78, 5) is 15.8. The van der Waals surface area contributed by atoms with Gasteiger partial charge in [0, 0.05) is 24.1 Å². The summed E-state index contributed by atoms with van der Waals surface area (Å²) < 4.78 is 6.07. The van der Waals surface area contributed by atoms with Crippen molar-refractivity contribution in [3.05, 3.63) is 93.7 Å². The molecule has 6 rings (SSSR count). The van der Waals surface area contributed by atoms with Gasteiger partial charge in [0.25, 0.3) is 0 Å². The largest absolute Gasteiger partial charge is 0.481 e. The van der Waals surface area contributed by atoms with Gasteiger partial charge in [-0.15, -0.1) is 0 Å². The third-order valence-corrected chi connectivity index (χ3v) is 7.74. The molecule has 1 N–H and O–H groups in total. The van der Waals surface area contributed by atoms with Gasteiger partial charge in [-0.2, -0.15) is 0 Å². The summed E-state index contributed by atoms with van der Waals surface area (Å²) in [6, 6.07) is 17.5. The van der Waals surface area contributed by atoms with Crippen molar-refractivity contribution in [2.24, 2.45) is 11.8 Å². The molecule has 4 atom stereocenters. The lowest BCUT2D eigenvalue weighted by molar-refractivity contribution is -0.139. The smallest absolute Gasteiger partial charge is 0.307 e. The molecule has 3 aromatic rings. The average Bonchev–Trinajstić information content (AvgIpc) is 3.40. The van der Waals surface area contributed by atoms with Gasteiger partial charge >= 0.3 is 5.97 Å². The minimum atomic E-state index is -0.678. The fourth-order valence-electron chi connectivity index (χ4n) is 6.08. The number of carbonyl (C=O) groups is 1. The fraction of sp³-hybridized carbons (Fsp3) is 0.357. The summed E-state index contributed by atoms with van der Waals surface area (Å²) in [7, 11) is 0. The number of rotatable bonds is 5. The molecule has 0 bridgehead atoms. The van der Waals surface area contributed by atoms with E-state index in [2.05, 4.69) is 54.4 Å². The molecule has 2 aromatic carbocycles. The molecule has 32 heavy (non-hydrogen) atoms. The Morgan fingerprint density at radius 2 is 1.97 bits per heavy atom. The van der Waals surface area contributed by atoms with E-state index in [9.17, 15) is 9.90 Å². The van der Waals surface area contributed by atoms with Gasteiger partial charge in [0.1, 0.15) is 6.61 Å². The molecular weight excluding hydrogens is 398 g/mol. The second kappa shape index (κ2) is 7.47. The van der Waals surface area contributed by atoms with Crippen LogP contribution >= 0.6 is 0 Å². The van der Waals surface area contributed by atoms with Crippen LogP contribution < -0.4 is 4.74 Å². The Hall–Kier alpha value is -3.14. The Labute approximate surface area is 188 Å². The van der Waals surface area contributed by atoms with E-state index >= 15 is 0 Å². The van der Waals surface area contributed by atoms with E-state index in [0.29, 0.717) is 18.4 Å². The van der Waals surface area contributed by atoms with Crippen molar-refractivity contribution in [2.45, 2.75) is 51.0 Å². The number of aromatic nitrogens is 1. The van der Waals surface area contributed by atoms with Crippen LogP contribution in [0.4, 0.5) is 0 Å². The number of carboxylic acids is 1. The van der Waals surface area contributed by atoms with Gasteiger partial charge in [-0.05, 0) is 77.5 Å². The predicted octanol–water partition coefficient (Wildman–Crippen LogP) is 5.41. The van der Waals surface area contributed by atoms with Gasteiger partial charge in [0.05, 0.1) is 5.92 Å². The Balaban J connectivity index is 1.20. The normalized spacial score (nSPS) is 24.9. The molecule has 0 saturated heterocycles. The van der Waals surface area contributed by atoms with E-state index in [1.165, 1.54) is 46.2 Å². The number of hydrogen-bond donors (Lipinski definition) is 1. The first-order valence-corrected chi connectivity index (χ1v) is 11.6. The maximum atomic E-state index is 11.3. The summed E-state index contributed by atoms with van der Waals surface area (Å²) in [5.41, 5.74) is 9.16. The molecule has 4 heteroatoms. The highest BCUT2D eigenvalue weighted by molar-refractivity contribution is 5.77. The number of nitrogens with zero attached hydrogens (tertiary/aromatic N) is 1. The molecule has 3 aliphatic rings. The van der Waals surface area contributed by atoms with Crippen molar-refractivity contribution in [1.82, 2.24) is 4.98 Å². The molecule has 4 nitrogen and oxygen atoms in total. The van der Waals surface area contributed by atoms with Gasteiger partial charge in [-0.25, -0.2) is 4.98 Å². The number of aryl methyl sites for hydroxylation is 2. The molecule has 162 valence electrons. The van der Waals surface area contributed by atoms with Crippen LogP contribution in [-0.2, 0) is 24.2 Å². The lowest BCUT2D eigenvalue weighted by atomic mass is 9.77. The minimum Gasteiger partial charge on any atom is -0.481 e. The number of fused-ring (bicyclic) bond motifs is 4. The molecule has 0 radical (unpaired) electrons. The van der Waals surface area contributed by atoms with Crippen LogP contribution in [0.2, 0.25) is 0 Å². The van der Waals surface area contributed by atoms with Crippen LogP contribution in [0.15, 0.2) is 54.7 Å². The Kier molecular flexibility index (Phi) is 4.56. The Bertz CT molecular complexity index is 1220. The zero-order chi connectivity index (χ0) is 21.8. The van der Waals surface area contributed by atoms with Gasteiger partial charge in [0.2, 0.25) is 5.88 Å². The molecule has 0 spiro atoms.